The third-order valence-electron chi connectivity index (χ3n) is 3.48. The van der Waals surface area contributed by atoms with E-state index in [4.69, 9.17) is 4.74 Å². The van der Waals surface area contributed by atoms with Crippen LogP contribution in [-0.2, 0) is 4.74 Å². The van der Waals surface area contributed by atoms with E-state index in [2.05, 4.69) is 6.92 Å². The largest absolute Gasteiger partial charge is 0.468 e. The Morgan fingerprint density at radius 1 is 1.58 bits per heavy atom. The Balaban J connectivity index is 2.07. The zero-order valence-electron chi connectivity index (χ0n) is 7.80. The SMILES string of the molecule is BC(=O)OC1(C)CC2CCC1C2. The first-order valence-corrected chi connectivity index (χ1v) is 4.80. The molecule has 0 saturated heterocycles. The third kappa shape index (κ3) is 1.15. The van der Waals surface area contributed by atoms with Gasteiger partial charge >= 0.3 is 0 Å². The summed E-state index contributed by atoms with van der Waals surface area (Å²) >= 11 is 0. The molecule has 66 valence electrons. The Kier molecular flexibility index (Phi) is 1.70. The second kappa shape index (κ2) is 2.51. The lowest BCUT2D eigenvalue weighted by Gasteiger charge is -2.33. The van der Waals surface area contributed by atoms with Crippen LogP contribution in [0.25, 0.3) is 0 Å². The summed E-state index contributed by atoms with van der Waals surface area (Å²) in [6, 6.07) is 0. The molecule has 2 saturated carbocycles. The van der Waals surface area contributed by atoms with Crippen molar-refractivity contribution in [1.29, 1.82) is 0 Å². The van der Waals surface area contributed by atoms with E-state index >= 15 is 0 Å². The molecular weight excluding hydrogens is 151 g/mol. The number of carbonyl (C=O) groups excluding carboxylic acids is 1. The quantitative estimate of drug-likeness (QED) is 0.549. The van der Waals surface area contributed by atoms with Crippen molar-refractivity contribution in [3.05, 3.63) is 0 Å². The molecule has 2 rings (SSSR count). The molecule has 0 aromatic rings. The summed E-state index contributed by atoms with van der Waals surface area (Å²) in [5.74, 6) is 1.36. The van der Waals surface area contributed by atoms with Gasteiger partial charge in [0, 0.05) is 0 Å². The lowest BCUT2D eigenvalue weighted by atomic mass is 9.85. The summed E-state index contributed by atoms with van der Waals surface area (Å²) in [7, 11) is 1.51. The van der Waals surface area contributed by atoms with Crippen molar-refractivity contribution in [2.45, 2.75) is 38.2 Å². The molecule has 0 N–H and O–H groups in total. The topological polar surface area (TPSA) is 26.3 Å². The van der Waals surface area contributed by atoms with Crippen LogP contribution >= 0.6 is 0 Å². The summed E-state index contributed by atoms with van der Waals surface area (Å²) < 4.78 is 5.39. The van der Waals surface area contributed by atoms with Gasteiger partial charge in [0.15, 0.2) is 0 Å². The molecule has 2 bridgehead atoms. The van der Waals surface area contributed by atoms with Crippen LogP contribution in [0.3, 0.4) is 0 Å². The minimum atomic E-state index is -0.120. The van der Waals surface area contributed by atoms with E-state index in [-0.39, 0.29) is 11.5 Å². The summed E-state index contributed by atoms with van der Waals surface area (Å²) in [5.41, 5.74) is -0.116. The van der Waals surface area contributed by atoms with Crippen LogP contribution in [0, 0.1) is 11.8 Å². The van der Waals surface area contributed by atoms with Gasteiger partial charge in [-0.15, -0.1) is 0 Å². The molecule has 0 radical (unpaired) electrons. The predicted octanol–water partition coefficient (Wildman–Crippen LogP) is 1.33. The Bertz CT molecular complexity index is 217. The molecular formula is C9H15BO2. The van der Waals surface area contributed by atoms with Crippen molar-refractivity contribution >= 4 is 13.7 Å². The standard InChI is InChI=1S/C9H15BO2/c1-9(12-8(10)11)5-6-2-3-7(9)4-6/h6-7H,2-5,10H2,1H3. The number of carbonyl (C=O) groups is 1. The van der Waals surface area contributed by atoms with Crippen LogP contribution < -0.4 is 0 Å². The van der Waals surface area contributed by atoms with Crippen molar-refractivity contribution in [1.82, 2.24) is 0 Å². The molecule has 3 unspecified atom stereocenters. The molecule has 3 atom stereocenters. The highest BCUT2D eigenvalue weighted by atomic mass is 16.6. The average molecular weight is 166 g/mol. The first kappa shape index (κ1) is 8.15. The fourth-order valence-corrected chi connectivity index (χ4v) is 3.01. The van der Waals surface area contributed by atoms with Crippen LogP contribution in [0.15, 0.2) is 0 Å². The second-order valence-electron chi connectivity index (χ2n) is 4.49. The third-order valence-corrected chi connectivity index (χ3v) is 3.48. The smallest absolute Gasteiger partial charge is 0.243 e. The number of hydrogen-bond acceptors (Lipinski definition) is 2. The van der Waals surface area contributed by atoms with Crippen LogP contribution in [0.2, 0.25) is 0 Å². The second-order valence-corrected chi connectivity index (χ2v) is 4.49. The molecule has 2 aliphatic carbocycles. The van der Waals surface area contributed by atoms with Gasteiger partial charge in [0.1, 0.15) is 5.60 Å². The summed E-state index contributed by atoms with van der Waals surface area (Å²) in [6.07, 6.45) is 4.98. The maximum Gasteiger partial charge on any atom is 0.243 e. The van der Waals surface area contributed by atoms with Crippen LogP contribution in [0.5, 0.6) is 0 Å². The lowest BCUT2D eigenvalue weighted by molar-refractivity contribution is -0.00265. The van der Waals surface area contributed by atoms with Crippen molar-refractivity contribution in [3.63, 3.8) is 0 Å². The zero-order chi connectivity index (χ0) is 8.77. The number of rotatable bonds is 1. The molecule has 2 nitrogen and oxygen atoms in total. The molecule has 0 spiro atoms. The minimum Gasteiger partial charge on any atom is -0.468 e. The van der Waals surface area contributed by atoms with Crippen LogP contribution in [-0.4, -0.2) is 19.3 Å². The molecule has 2 fully saturated rings. The minimum absolute atomic E-state index is 0.116. The Labute approximate surface area is 74.1 Å². The summed E-state index contributed by atoms with van der Waals surface area (Å²) in [6.45, 7) is 2.10. The molecule has 3 heteroatoms. The number of ether oxygens (including phenoxy) is 1. The van der Waals surface area contributed by atoms with Gasteiger partial charge in [-0.05, 0) is 44.4 Å². The van der Waals surface area contributed by atoms with Gasteiger partial charge in [0.25, 0.3) is 0 Å². The van der Waals surface area contributed by atoms with Crippen molar-refractivity contribution in [2.75, 3.05) is 0 Å². The maximum atomic E-state index is 10.9. The van der Waals surface area contributed by atoms with Crippen molar-refractivity contribution in [2.24, 2.45) is 11.8 Å². The Morgan fingerprint density at radius 2 is 2.33 bits per heavy atom. The highest BCUT2D eigenvalue weighted by molar-refractivity contribution is 6.55. The number of hydrogen-bond donors (Lipinski definition) is 0. The monoisotopic (exact) mass is 166 g/mol. The lowest BCUT2D eigenvalue weighted by Crippen LogP contribution is -2.36. The van der Waals surface area contributed by atoms with E-state index in [0.717, 1.165) is 12.3 Å². The number of fused-ring (bicyclic) bond motifs is 2. The van der Waals surface area contributed by atoms with Gasteiger partial charge in [-0.25, -0.2) is 0 Å². The molecule has 2 aliphatic rings. The van der Waals surface area contributed by atoms with E-state index in [1.807, 2.05) is 0 Å². The van der Waals surface area contributed by atoms with Crippen molar-refractivity contribution in [3.8, 4) is 0 Å². The maximum absolute atomic E-state index is 10.9. The normalized spacial score (nSPS) is 44.8. The first-order valence-electron chi connectivity index (χ1n) is 4.80. The van der Waals surface area contributed by atoms with Crippen LogP contribution in [0.1, 0.15) is 32.6 Å². The fraction of sp³-hybridized carbons (Fsp3) is 0.889. The Morgan fingerprint density at radius 3 is 2.75 bits per heavy atom. The zero-order valence-corrected chi connectivity index (χ0v) is 7.80. The highest BCUT2D eigenvalue weighted by Crippen LogP contribution is 2.52. The van der Waals surface area contributed by atoms with Gasteiger partial charge in [-0.3, -0.25) is 4.79 Å². The molecule has 0 heterocycles. The van der Waals surface area contributed by atoms with Gasteiger partial charge in [-0.1, -0.05) is 0 Å². The summed E-state index contributed by atoms with van der Waals surface area (Å²) in [4.78, 5) is 10.9. The van der Waals surface area contributed by atoms with Gasteiger partial charge < -0.3 is 4.74 Å². The van der Waals surface area contributed by atoms with E-state index < -0.39 is 0 Å². The average Bonchev–Trinajstić information content (AvgIpc) is 2.42. The molecule has 12 heavy (non-hydrogen) atoms. The first-order chi connectivity index (χ1) is 5.60. The Hall–Kier alpha value is -0.465. The van der Waals surface area contributed by atoms with Gasteiger partial charge in [-0.2, -0.15) is 0 Å². The van der Waals surface area contributed by atoms with Gasteiger partial charge in [0.05, 0.1) is 0 Å². The highest BCUT2D eigenvalue weighted by Gasteiger charge is 2.50. The molecule has 0 aliphatic heterocycles. The molecule has 0 aromatic carbocycles. The predicted molar refractivity (Wildman–Crippen MR) is 48.9 cm³/mol. The molecule has 0 aromatic heterocycles. The van der Waals surface area contributed by atoms with Gasteiger partial charge in [0.2, 0.25) is 13.7 Å². The summed E-state index contributed by atoms with van der Waals surface area (Å²) in [5, 5.41) is 0. The molecule has 0 amide bonds. The van der Waals surface area contributed by atoms with E-state index in [1.165, 1.54) is 27.1 Å². The van der Waals surface area contributed by atoms with E-state index in [0.29, 0.717) is 5.92 Å². The fourth-order valence-electron chi connectivity index (χ4n) is 3.01. The van der Waals surface area contributed by atoms with E-state index in [1.54, 1.807) is 0 Å². The van der Waals surface area contributed by atoms with Crippen molar-refractivity contribution < 1.29 is 9.53 Å². The van der Waals surface area contributed by atoms with E-state index in [9.17, 15) is 4.79 Å². The van der Waals surface area contributed by atoms with Crippen LogP contribution in [0.4, 0.5) is 4.79 Å².